The van der Waals surface area contributed by atoms with Crippen molar-refractivity contribution in [2.75, 3.05) is 26.8 Å². The van der Waals surface area contributed by atoms with Crippen LogP contribution in [0.15, 0.2) is 11.4 Å². The van der Waals surface area contributed by atoms with Crippen LogP contribution in [0, 0.1) is 11.8 Å². The maximum atomic E-state index is 12.5. The first-order chi connectivity index (χ1) is 10.0. The Hall–Kier alpha value is -0.910. The van der Waals surface area contributed by atoms with Crippen molar-refractivity contribution >= 4 is 21.4 Å². The van der Waals surface area contributed by atoms with Gasteiger partial charge < -0.3 is 10.5 Å². The zero-order valence-electron chi connectivity index (χ0n) is 12.0. The molecule has 0 spiro atoms. The maximum Gasteiger partial charge on any atom is 0.217 e. The fourth-order valence-electron chi connectivity index (χ4n) is 2.22. The van der Waals surface area contributed by atoms with E-state index in [4.69, 9.17) is 10.5 Å². The van der Waals surface area contributed by atoms with Gasteiger partial charge in [0.15, 0.2) is 0 Å². The minimum Gasteiger partial charge on any atom is -0.381 e. The first-order valence-corrected chi connectivity index (χ1v) is 9.21. The first kappa shape index (κ1) is 16.5. The largest absolute Gasteiger partial charge is 0.381 e. The third kappa shape index (κ3) is 4.28. The second kappa shape index (κ2) is 7.38. The Morgan fingerprint density at radius 2 is 2.19 bits per heavy atom. The summed E-state index contributed by atoms with van der Waals surface area (Å²) in [5.74, 6) is 5.74. The van der Waals surface area contributed by atoms with Gasteiger partial charge in [-0.15, -0.1) is 11.3 Å². The Balaban J connectivity index is 2.02. The molecule has 2 rings (SSSR count). The lowest BCUT2D eigenvalue weighted by Gasteiger charge is -2.26. The van der Waals surface area contributed by atoms with Crippen molar-refractivity contribution in [3.8, 4) is 11.8 Å². The van der Waals surface area contributed by atoms with Gasteiger partial charge in [0.05, 0.1) is 11.8 Å². The van der Waals surface area contributed by atoms with Crippen LogP contribution in [-0.2, 0) is 21.3 Å². The van der Waals surface area contributed by atoms with Crippen LogP contribution in [0.5, 0.6) is 0 Å². The quantitative estimate of drug-likeness (QED) is 0.837. The molecular formula is C14H20N2O3S2. The predicted octanol–water partition coefficient (Wildman–Crippen LogP) is 0.999. The molecule has 1 saturated heterocycles. The van der Waals surface area contributed by atoms with Gasteiger partial charge in [0.25, 0.3) is 0 Å². The summed E-state index contributed by atoms with van der Waals surface area (Å²) < 4.78 is 31.7. The molecule has 0 unspecified atom stereocenters. The highest BCUT2D eigenvalue weighted by Gasteiger charge is 2.31. The molecule has 0 radical (unpaired) electrons. The van der Waals surface area contributed by atoms with Crippen molar-refractivity contribution in [3.05, 3.63) is 21.9 Å². The van der Waals surface area contributed by atoms with Crippen molar-refractivity contribution in [3.63, 3.8) is 0 Å². The molecule has 0 aromatic carbocycles. The number of rotatable bonds is 4. The van der Waals surface area contributed by atoms with E-state index in [0.717, 1.165) is 10.4 Å². The molecule has 0 atom stereocenters. The van der Waals surface area contributed by atoms with Crippen LogP contribution >= 0.6 is 11.3 Å². The minimum absolute atomic E-state index is 0.323. The molecule has 1 fully saturated rings. The molecule has 0 bridgehead atoms. The van der Waals surface area contributed by atoms with Crippen molar-refractivity contribution < 1.29 is 13.2 Å². The summed E-state index contributed by atoms with van der Waals surface area (Å²) in [4.78, 5) is 0.981. The molecule has 1 aromatic rings. The van der Waals surface area contributed by atoms with E-state index in [0.29, 0.717) is 39.1 Å². The van der Waals surface area contributed by atoms with Gasteiger partial charge in [0.1, 0.15) is 0 Å². The van der Waals surface area contributed by atoms with E-state index in [9.17, 15) is 8.42 Å². The van der Waals surface area contributed by atoms with E-state index >= 15 is 0 Å². The zero-order chi connectivity index (χ0) is 15.3. The Bertz CT molecular complexity index is 622. The molecule has 116 valence electrons. The summed E-state index contributed by atoms with van der Waals surface area (Å²) in [6.07, 6.45) is 1.15. The molecule has 1 aromatic heterocycles. The maximum absolute atomic E-state index is 12.5. The fourth-order valence-corrected chi connectivity index (χ4v) is 4.79. The molecule has 21 heavy (non-hydrogen) atoms. The lowest BCUT2D eigenvalue weighted by molar-refractivity contribution is 0.0973. The lowest BCUT2D eigenvalue weighted by Crippen LogP contribution is -2.38. The number of nitrogens with zero attached hydrogens (tertiary/aromatic N) is 1. The van der Waals surface area contributed by atoms with E-state index in [1.807, 2.05) is 11.4 Å². The summed E-state index contributed by atoms with van der Waals surface area (Å²) in [6, 6.07) is 1.92. The third-order valence-corrected chi connectivity index (χ3v) is 6.62. The highest BCUT2D eigenvalue weighted by Crippen LogP contribution is 2.22. The summed E-state index contributed by atoms with van der Waals surface area (Å²) in [7, 11) is -1.63. The minimum atomic E-state index is -3.26. The standard InChI is InChI=1S/C14H20N2O3S2/c1-16(21(17,18)14-4-7-19-8-5-14)10-13-9-12(11-20-13)3-2-6-15/h9,11,14H,4-8,10,15H2,1H3. The van der Waals surface area contributed by atoms with Crippen LogP contribution < -0.4 is 5.73 Å². The molecule has 0 aliphatic carbocycles. The van der Waals surface area contributed by atoms with Crippen LogP contribution in [0.3, 0.4) is 0 Å². The van der Waals surface area contributed by atoms with Crippen LogP contribution in [0.25, 0.3) is 0 Å². The Morgan fingerprint density at radius 1 is 1.48 bits per heavy atom. The normalized spacial score (nSPS) is 16.7. The van der Waals surface area contributed by atoms with Gasteiger partial charge in [-0.25, -0.2) is 8.42 Å². The molecule has 1 aliphatic rings. The Labute approximate surface area is 130 Å². The Morgan fingerprint density at radius 3 is 2.86 bits per heavy atom. The van der Waals surface area contributed by atoms with Crippen LogP contribution in [0.4, 0.5) is 0 Å². The van der Waals surface area contributed by atoms with Gasteiger partial charge in [0.2, 0.25) is 10.0 Å². The van der Waals surface area contributed by atoms with Crippen LogP contribution in [-0.4, -0.2) is 44.8 Å². The molecular weight excluding hydrogens is 308 g/mol. The van der Waals surface area contributed by atoms with Gasteiger partial charge >= 0.3 is 0 Å². The van der Waals surface area contributed by atoms with E-state index in [1.54, 1.807) is 7.05 Å². The number of ether oxygens (including phenoxy) is 1. The Kier molecular flexibility index (Phi) is 5.79. The van der Waals surface area contributed by atoms with E-state index in [1.165, 1.54) is 15.6 Å². The molecule has 5 nitrogen and oxygen atoms in total. The number of hydrogen-bond acceptors (Lipinski definition) is 5. The number of hydrogen-bond donors (Lipinski definition) is 1. The molecule has 7 heteroatoms. The molecule has 0 saturated carbocycles. The topological polar surface area (TPSA) is 72.6 Å². The smallest absolute Gasteiger partial charge is 0.217 e. The second-order valence-corrected chi connectivity index (χ2v) is 8.24. The first-order valence-electron chi connectivity index (χ1n) is 6.83. The molecule has 2 heterocycles. The molecule has 2 N–H and O–H groups in total. The highest BCUT2D eigenvalue weighted by atomic mass is 32.2. The zero-order valence-corrected chi connectivity index (χ0v) is 13.7. The van der Waals surface area contributed by atoms with E-state index in [-0.39, 0.29) is 5.25 Å². The lowest BCUT2D eigenvalue weighted by atomic mass is 10.2. The van der Waals surface area contributed by atoms with Gasteiger partial charge in [-0.1, -0.05) is 11.8 Å². The summed E-state index contributed by atoms with van der Waals surface area (Å²) >= 11 is 1.52. The molecule has 1 aliphatic heterocycles. The van der Waals surface area contributed by atoms with Crippen molar-refractivity contribution in [1.82, 2.24) is 4.31 Å². The average molecular weight is 328 g/mol. The second-order valence-electron chi connectivity index (χ2n) is 4.92. The predicted molar refractivity (Wildman–Crippen MR) is 84.5 cm³/mol. The van der Waals surface area contributed by atoms with Gasteiger partial charge in [-0.05, 0) is 18.9 Å². The van der Waals surface area contributed by atoms with Crippen molar-refractivity contribution in [1.29, 1.82) is 0 Å². The fraction of sp³-hybridized carbons (Fsp3) is 0.571. The van der Waals surface area contributed by atoms with Crippen LogP contribution in [0.1, 0.15) is 23.3 Å². The SMILES string of the molecule is CN(Cc1cc(C#CCN)cs1)S(=O)(=O)C1CCOCC1. The molecule has 0 amide bonds. The van der Waals surface area contributed by atoms with Crippen molar-refractivity contribution in [2.24, 2.45) is 5.73 Å². The monoisotopic (exact) mass is 328 g/mol. The number of thiophene rings is 1. The van der Waals surface area contributed by atoms with Gasteiger partial charge in [0, 0.05) is 42.6 Å². The highest BCUT2D eigenvalue weighted by molar-refractivity contribution is 7.89. The average Bonchev–Trinajstić information content (AvgIpc) is 2.93. The number of sulfonamides is 1. The van der Waals surface area contributed by atoms with Crippen molar-refractivity contribution in [2.45, 2.75) is 24.6 Å². The number of nitrogens with two attached hydrogens (primary N) is 1. The summed E-state index contributed by atoms with van der Waals surface area (Å²) in [5.41, 5.74) is 6.22. The van der Waals surface area contributed by atoms with E-state index < -0.39 is 10.0 Å². The third-order valence-electron chi connectivity index (χ3n) is 3.39. The summed E-state index contributed by atoms with van der Waals surface area (Å²) in [5, 5.41) is 1.60. The van der Waals surface area contributed by atoms with Gasteiger partial charge in [-0.2, -0.15) is 4.31 Å². The summed E-state index contributed by atoms with van der Waals surface area (Å²) in [6.45, 7) is 1.75. The van der Waals surface area contributed by atoms with Crippen LogP contribution in [0.2, 0.25) is 0 Å². The van der Waals surface area contributed by atoms with Gasteiger partial charge in [-0.3, -0.25) is 0 Å². The van der Waals surface area contributed by atoms with E-state index in [2.05, 4.69) is 11.8 Å².